The smallest absolute Gasteiger partial charge is 0.151 e. The highest BCUT2D eigenvalue weighted by Crippen LogP contribution is 2.28. The number of rotatable bonds is 0. The van der Waals surface area contributed by atoms with E-state index >= 15 is 0 Å². The topological polar surface area (TPSA) is 28.4 Å². The van der Waals surface area contributed by atoms with Crippen molar-refractivity contribution in [3.05, 3.63) is 29.7 Å². The second-order valence-corrected chi connectivity index (χ2v) is 4.71. The zero-order valence-corrected chi connectivity index (χ0v) is 9.78. The Bertz CT molecular complexity index is 576. The number of hydrogen-bond acceptors (Lipinski definition) is 2. The van der Waals surface area contributed by atoms with Crippen LogP contribution in [0.3, 0.4) is 0 Å². The number of fused-ring (bicyclic) bond motifs is 3. The molecular weight excluding hydrogens is 219 g/mol. The van der Waals surface area contributed by atoms with Crippen LogP contribution in [0.25, 0.3) is 10.9 Å². The molecule has 0 aliphatic carbocycles. The van der Waals surface area contributed by atoms with E-state index in [-0.39, 0.29) is 11.6 Å². The molecule has 1 aromatic carbocycles. The Morgan fingerprint density at radius 3 is 2.82 bits per heavy atom. The lowest BCUT2D eigenvalue weighted by atomic mass is 10.2. The summed E-state index contributed by atoms with van der Waals surface area (Å²) in [7, 11) is 2.08. The molecule has 1 aromatic heterocycles. The van der Waals surface area contributed by atoms with Gasteiger partial charge in [-0.05, 0) is 19.2 Å². The summed E-state index contributed by atoms with van der Waals surface area (Å²) in [5, 5.41) is 10.2. The van der Waals surface area contributed by atoms with Crippen molar-refractivity contribution in [2.75, 3.05) is 20.1 Å². The van der Waals surface area contributed by atoms with Gasteiger partial charge in [0.25, 0.3) is 0 Å². The fourth-order valence-electron chi connectivity index (χ4n) is 2.55. The van der Waals surface area contributed by atoms with Crippen molar-refractivity contribution < 1.29 is 9.50 Å². The van der Waals surface area contributed by atoms with Crippen LogP contribution in [0.4, 0.5) is 4.39 Å². The predicted molar refractivity (Wildman–Crippen MR) is 64.8 cm³/mol. The molecule has 3 nitrogen and oxygen atoms in total. The number of aromatic hydroxyl groups is 1. The van der Waals surface area contributed by atoms with Gasteiger partial charge in [-0.1, -0.05) is 0 Å². The zero-order valence-electron chi connectivity index (χ0n) is 9.78. The number of aromatic nitrogens is 1. The number of benzene rings is 1. The van der Waals surface area contributed by atoms with Gasteiger partial charge in [-0.3, -0.25) is 0 Å². The molecule has 90 valence electrons. The summed E-state index contributed by atoms with van der Waals surface area (Å²) < 4.78 is 15.9. The Labute approximate surface area is 99.1 Å². The van der Waals surface area contributed by atoms with Crippen LogP contribution < -0.4 is 0 Å². The summed E-state index contributed by atoms with van der Waals surface area (Å²) >= 11 is 0. The highest BCUT2D eigenvalue weighted by atomic mass is 19.1. The van der Waals surface area contributed by atoms with Crippen LogP contribution in [0, 0.1) is 5.82 Å². The molecule has 0 radical (unpaired) electrons. The fourth-order valence-corrected chi connectivity index (χ4v) is 2.55. The van der Waals surface area contributed by atoms with Gasteiger partial charge in [0, 0.05) is 43.2 Å². The normalized spacial score (nSPS) is 17.1. The molecule has 17 heavy (non-hydrogen) atoms. The molecule has 0 spiro atoms. The average Bonchev–Trinajstić information content (AvgIpc) is 2.52. The molecule has 0 atom stereocenters. The number of phenols is 1. The van der Waals surface area contributed by atoms with Crippen molar-refractivity contribution >= 4 is 10.9 Å². The zero-order chi connectivity index (χ0) is 12.0. The Balaban J connectivity index is 2.21. The maximum absolute atomic E-state index is 13.9. The van der Waals surface area contributed by atoms with E-state index in [2.05, 4.69) is 11.9 Å². The largest absolute Gasteiger partial charge is 0.508 e. The fraction of sp³-hybridized carbons (Fsp3) is 0.385. The Morgan fingerprint density at radius 2 is 2.00 bits per heavy atom. The molecule has 2 heterocycles. The average molecular weight is 234 g/mol. The minimum atomic E-state index is -0.337. The molecule has 0 amide bonds. The molecule has 3 rings (SSSR count). The second-order valence-electron chi connectivity index (χ2n) is 4.71. The van der Waals surface area contributed by atoms with Crippen LogP contribution in [0.1, 0.15) is 5.69 Å². The molecule has 1 N–H and O–H groups in total. The van der Waals surface area contributed by atoms with Crippen LogP contribution >= 0.6 is 0 Å². The third kappa shape index (κ3) is 1.69. The van der Waals surface area contributed by atoms with Crippen molar-refractivity contribution in [2.45, 2.75) is 13.0 Å². The lowest BCUT2D eigenvalue weighted by Gasteiger charge is -2.12. The van der Waals surface area contributed by atoms with E-state index in [0.717, 1.165) is 37.1 Å². The summed E-state index contributed by atoms with van der Waals surface area (Å²) in [6, 6.07) is 4.80. The van der Waals surface area contributed by atoms with Gasteiger partial charge >= 0.3 is 0 Å². The third-order valence-electron chi connectivity index (χ3n) is 3.47. The summed E-state index contributed by atoms with van der Waals surface area (Å²) in [5.41, 5.74) is 1.77. The van der Waals surface area contributed by atoms with Crippen LogP contribution in [-0.4, -0.2) is 34.7 Å². The van der Waals surface area contributed by atoms with Gasteiger partial charge in [0.15, 0.2) is 5.82 Å². The van der Waals surface area contributed by atoms with E-state index in [0.29, 0.717) is 5.52 Å². The number of phenolic OH excluding ortho intramolecular Hbond substituents is 1. The first-order chi connectivity index (χ1) is 8.15. The van der Waals surface area contributed by atoms with Gasteiger partial charge in [0.2, 0.25) is 0 Å². The molecule has 0 fully saturated rings. The van der Waals surface area contributed by atoms with Gasteiger partial charge in [0.1, 0.15) is 5.75 Å². The summed E-state index contributed by atoms with van der Waals surface area (Å²) in [6.45, 7) is 2.72. The number of likely N-dealkylation sites (N-methyl/N-ethyl adjacent to an activating group) is 1. The number of nitrogens with zero attached hydrogens (tertiary/aromatic N) is 2. The molecule has 0 unspecified atom stereocenters. The van der Waals surface area contributed by atoms with Gasteiger partial charge in [-0.15, -0.1) is 0 Å². The number of hydrogen-bond donors (Lipinski definition) is 1. The molecule has 4 heteroatoms. The van der Waals surface area contributed by atoms with Gasteiger partial charge in [-0.25, -0.2) is 4.39 Å². The summed E-state index contributed by atoms with van der Waals surface area (Å²) in [5.74, 6) is -0.344. The second kappa shape index (κ2) is 3.74. The van der Waals surface area contributed by atoms with Crippen LogP contribution in [0.15, 0.2) is 18.2 Å². The molecular formula is C13H15FN2O. The first-order valence-corrected chi connectivity index (χ1v) is 5.84. The molecule has 2 aromatic rings. The van der Waals surface area contributed by atoms with Crippen LogP contribution in [0.2, 0.25) is 0 Å². The monoisotopic (exact) mass is 234 g/mol. The molecule has 1 aliphatic heterocycles. The van der Waals surface area contributed by atoms with E-state index in [1.54, 1.807) is 6.07 Å². The maximum atomic E-state index is 13.9. The molecule has 0 saturated heterocycles. The van der Waals surface area contributed by atoms with E-state index < -0.39 is 0 Å². The first-order valence-electron chi connectivity index (χ1n) is 5.84. The van der Waals surface area contributed by atoms with Gasteiger partial charge in [0.05, 0.1) is 5.52 Å². The highest BCUT2D eigenvalue weighted by Gasteiger charge is 2.17. The SMILES string of the molecule is CN1CCc2cc3cc(O)cc(F)c3n2CC1. The van der Waals surface area contributed by atoms with Gasteiger partial charge < -0.3 is 14.6 Å². The van der Waals surface area contributed by atoms with E-state index in [1.807, 2.05) is 10.6 Å². The third-order valence-corrected chi connectivity index (χ3v) is 3.47. The van der Waals surface area contributed by atoms with Crippen molar-refractivity contribution in [3.63, 3.8) is 0 Å². The van der Waals surface area contributed by atoms with Crippen LogP contribution in [0.5, 0.6) is 5.75 Å². The van der Waals surface area contributed by atoms with E-state index in [1.165, 1.54) is 6.07 Å². The Morgan fingerprint density at radius 1 is 1.18 bits per heavy atom. The first kappa shape index (κ1) is 10.6. The summed E-state index contributed by atoms with van der Waals surface area (Å²) in [6.07, 6.45) is 0.922. The van der Waals surface area contributed by atoms with E-state index in [9.17, 15) is 9.50 Å². The highest BCUT2D eigenvalue weighted by molar-refractivity contribution is 5.83. The van der Waals surface area contributed by atoms with Crippen LogP contribution in [-0.2, 0) is 13.0 Å². The minimum absolute atomic E-state index is 0.00659. The quantitative estimate of drug-likeness (QED) is 0.755. The molecule has 0 bridgehead atoms. The van der Waals surface area contributed by atoms with Crippen molar-refractivity contribution in [2.24, 2.45) is 0 Å². The standard InChI is InChI=1S/C13H15FN2O/c1-15-3-2-10-6-9-7-11(17)8-12(14)13(9)16(10)5-4-15/h6-8,17H,2-5H2,1H3. The number of halogens is 1. The Hall–Kier alpha value is -1.55. The summed E-state index contributed by atoms with van der Waals surface area (Å²) in [4.78, 5) is 2.25. The van der Waals surface area contributed by atoms with E-state index in [4.69, 9.17) is 0 Å². The van der Waals surface area contributed by atoms with Gasteiger partial charge in [-0.2, -0.15) is 0 Å². The predicted octanol–water partition coefficient (Wildman–Crippen LogP) is 1.97. The van der Waals surface area contributed by atoms with Crippen molar-refractivity contribution in [1.29, 1.82) is 0 Å². The Kier molecular flexibility index (Phi) is 2.33. The lowest BCUT2D eigenvalue weighted by Crippen LogP contribution is -2.21. The molecule has 0 saturated carbocycles. The molecule has 1 aliphatic rings. The van der Waals surface area contributed by atoms with Crippen molar-refractivity contribution in [3.8, 4) is 5.75 Å². The lowest BCUT2D eigenvalue weighted by molar-refractivity contribution is 0.342. The van der Waals surface area contributed by atoms with Crippen molar-refractivity contribution in [1.82, 2.24) is 9.47 Å². The minimum Gasteiger partial charge on any atom is -0.508 e. The maximum Gasteiger partial charge on any atom is 0.151 e.